The largest absolute Gasteiger partial charge is 0.494 e. The number of benzene rings is 2. The van der Waals surface area contributed by atoms with Gasteiger partial charge in [0, 0.05) is 0 Å². The van der Waals surface area contributed by atoms with Gasteiger partial charge in [-0.3, -0.25) is 4.79 Å². The SMILES string of the molecule is CCCCCCCCOC(=O)C1CCC(O)(c2ccc(-c3ccc(OCCC)cc3)cc2)CC1. The molecule has 1 saturated carbocycles. The highest BCUT2D eigenvalue weighted by atomic mass is 16.5. The van der Waals surface area contributed by atoms with Gasteiger partial charge in [0.05, 0.1) is 24.7 Å². The summed E-state index contributed by atoms with van der Waals surface area (Å²) in [6.45, 7) is 5.56. The summed E-state index contributed by atoms with van der Waals surface area (Å²) >= 11 is 0. The van der Waals surface area contributed by atoms with Crippen molar-refractivity contribution in [1.82, 2.24) is 0 Å². The molecule has 0 spiro atoms. The quantitative estimate of drug-likeness (QED) is 0.246. The lowest BCUT2D eigenvalue weighted by Gasteiger charge is -2.35. The molecule has 34 heavy (non-hydrogen) atoms. The van der Waals surface area contributed by atoms with E-state index in [1.807, 2.05) is 24.3 Å². The van der Waals surface area contributed by atoms with Crippen molar-refractivity contribution in [2.45, 2.75) is 90.1 Å². The van der Waals surface area contributed by atoms with E-state index in [0.29, 0.717) is 32.3 Å². The van der Waals surface area contributed by atoms with E-state index in [4.69, 9.17) is 9.47 Å². The Bertz CT molecular complexity index is 848. The third kappa shape index (κ3) is 7.59. The molecule has 1 fully saturated rings. The molecule has 3 rings (SSSR count). The van der Waals surface area contributed by atoms with E-state index < -0.39 is 5.60 Å². The minimum Gasteiger partial charge on any atom is -0.494 e. The van der Waals surface area contributed by atoms with Crippen LogP contribution in [-0.2, 0) is 15.1 Å². The van der Waals surface area contributed by atoms with Crippen LogP contribution in [0, 0.1) is 5.92 Å². The lowest BCUT2D eigenvalue weighted by atomic mass is 9.75. The van der Waals surface area contributed by atoms with Crippen LogP contribution in [0.5, 0.6) is 5.75 Å². The molecule has 0 unspecified atom stereocenters. The van der Waals surface area contributed by atoms with Gasteiger partial charge in [-0.1, -0.05) is 82.3 Å². The Morgan fingerprint density at radius 3 is 2.03 bits per heavy atom. The summed E-state index contributed by atoms with van der Waals surface area (Å²) in [5, 5.41) is 11.3. The maximum Gasteiger partial charge on any atom is 0.308 e. The van der Waals surface area contributed by atoms with Gasteiger partial charge in [-0.25, -0.2) is 0 Å². The number of carbonyl (C=O) groups excluding carboxylic acids is 1. The van der Waals surface area contributed by atoms with E-state index in [-0.39, 0.29) is 11.9 Å². The lowest BCUT2D eigenvalue weighted by molar-refractivity contribution is -0.152. The highest BCUT2D eigenvalue weighted by Gasteiger charge is 2.37. The summed E-state index contributed by atoms with van der Waals surface area (Å²) in [5.41, 5.74) is 2.30. The summed E-state index contributed by atoms with van der Waals surface area (Å²) in [6.07, 6.45) is 10.6. The molecule has 0 atom stereocenters. The summed E-state index contributed by atoms with van der Waals surface area (Å²) in [5.74, 6) is 0.712. The van der Waals surface area contributed by atoms with Crippen LogP contribution >= 0.6 is 0 Å². The fraction of sp³-hybridized carbons (Fsp3) is 0.567. The molecule has 0 radical (unpaired) electrons. The lowest BCUT2D eigenvalue weighted by Crippen LogP contribution is -2.34. The molecule has 0 amide bonds. The average Bonchev–Trinajstić information content (AvgIpc) is 2.87. The third-order valence-electron chi connectivity index (χ3n) is 6.97. The molecule has 2 aromatic carbocycles. The molecule has 4 nitrogen and oxygen atoms in total. The van der Waals surface area contributed by atoms with E-state index in [9.17, 15) is 9.90 Å². The van der Waals surface area contributed by atoms with Crippen molar-refractivity contribution in [1.29, 1.82) is 0 Å². The molecule has 1 N–H and O–H groups in total. The van der Waals surface area contributed by atoms with Gasteiger partial charge in [-0.05, 0) is 67.3 Å². The predicted octanol–water partition coefficient (Wildman–Crippen LogP) is 7.42. The number of rotatable bonds is 13. The molecule has 0 heterocycles. The van der Waals surface area contributed by atoms with Gasteiger partial charge in [-0.15, -0.1) is 0 Å². The van der Waals surface area contributed by atoms with E-state index in [2.05, 4.69) is 38.1 Å². The van der Waals surface area contributed by atoms with E-state index in [1.54, 1.807) is 0 Å². The number of aliphatic hydroxyl groups is 1. The fourth-order valence-electron chi connectivity index (χ4n) is 4.73. The Labute approximate surface area is 205 Å². The fourth-order valence-corrected chi connectivity index (χ4v) is 4.73. The number of hydrogen-bond acceptors (Lipinski definition) is 4. The van der Waals surface area contributed by atoms with Crippen molar-refractivity contribution in [3.8, 4) is 16.9 Å². The molecular weight excluding hydrogens is 424 g/mol. The maximum atomic E-state index is 12.5. The first-order valence-corrected chi connectivity index (χ1v) is 13.3. The van der Waals surface area contributed by atoms with Gasteiger partial charge >= 0.3 is 5.97 Å². The Morgan fingerprint density at radius 1 is 0.824 bits per heavy atom. The highest BCUT2D eigenvalue weighted by Crippen LogP contribution is 2.40. The van der Waals surface area contributed by atoms with E-state index >= 15 is 0 Å². The molecular formula is C30H42O4. The average molecular weight is 467 g/mol. The van der Waals surface area contributed by atoms with Gasteiger partial charge in [0.2, 0.25) is 0 Å². The molecule has 4 heteroatoms. The van der Waals surface area contributed by atoms with Crippen LogP contribution in [0.25, 0.3) is 11.1 Å². The third-order valence-corrected chi connectivity index (χ3v) is 6.97. The minimum absolute atomic E-state index is 0.0858. The molecule has 1 aliphatic carbocycles. The van der Waals surface area contributed by atoms with Crippen molar-refractivity contribution in [3.63, 3.8) is 0 Å². The molecule has 0 bridgehead atoms. The van der Waals surface area contributed by atoms with Crippen LogP contribution < -0.4 is 4.74 Å². The number of ether oxygens (including phenoxy) is 2. The van der Waals surface area contributed by atoms with Crippen molar-refractivity contribution in [3.05, 3.63) is 54.1 Å². The van der Waals surface area contributed by atoms with Crippen LogP contribution in [0.1, 0.15) is 90.0 Å². The van der Waals surface area contributed by atoms with Crippen LogP contribution in [0.2, 0.25) is 0 Å². The number of hydrogen-bond donors (Lipinski definition) is 1. The van der Waals surface area contributed by atoms with Crippen LogP contribution in [0.3, 0.4) is 0 Å². The summed E-state index contributed by atoms with van der Waals surface area (Å²) in [7, 11) is 0. The number of esters is 1. The van der Waals surface area contributed by atoms with Crippen LogP contribution in [0.15, 0.2) is 48.5 Å². The first kappa shape index (κ1) is 26.3. The second-order valence-corrected chi connectivity index (χ2v) is 9.69. The van der Waals surface area contributed by atoms with Crippen LogP contribution in [-0.4, -0.2) is 24.3 Å². The van der Waals surface area contributed by atoms with Gasteiger partial charge in [-0.2, -0.15) is 0 Å². The molecule has 2 aromatic rings. The zero-order chi connectivity index (χ0) is 24.2. The normalized spacial score (nSPS) is 20.1. The molecule has 0 aliphatic heterocycles. The summed E-state index contributed by atoms with van der Waals surface area (Å²) in [4.78, 5) is 12.5. The second kappa shape index (κ2) is 13.5. The zero-order valence-corrected chi connectivity index (χ0v) is 21.1. The summed E-state index contributed by atoms with van der Waals surface area (Å²) < 4.78 is 11.2. The van der Waals surface area contributed by atoms with Gasteiger partial charge in [0.15, 0.2) is 0 Å². The maximum absolute atomic E-state index is 12.5. The van der Waals surface area contributed by atoms with Crippen molar-refractivity contribution < 1.29 is 19.4 Å². The van der Waals surface area contributed by atoms with Gasteiger partial charge in [0.25, 0.3) is 0 Å². The van der Waals surface area contributed by atoms with Crippen molar-refractivity contribution in [2.24, 2.45) is 5.92 Å². The Kier molecular flexibility index (Phi) is 10.5. The van der Waals surface area contributed by atoms with Crippen LogP contribution in [0.4, 0.5) is 0 Å². The Balaban J connectivity index is 1.45. The smallest absolute Gasteiger partial charge is 0.308 e. The minimum atomic E-state index is -0.869. The van der Waals surface area contributed by atoms with Crippen molar-refractivity contribution >= 4 is 5.97 Å². The van der Waals surface area contributed by atoms with E-state index in [1.165, 1.54) is 25.7 Å². The summed E-state index contributed by atoms with van der Waals surface area (Å²) in [6, 6.07) is 16.3. The Hall–Kier alpha value is -2.33. The standard InChI is InChI=1S/C30H42O4/c1-3-5-6-7-8-9-23-34-29(31)26-18-20-30(32,21-19-26)27-14-10-24(11-15-27)25-12-16-28(17-13-25)33-22-4-2/h10-17,26,32H,3-9,18-23H2,1-2H3. The van der Waals surface area contributed by atoms with E-state index in [0.717, 1.165) is 48.3 Å². The topological polar surface area (TPSA) is 55.8 Å². The molecule has 0 saturated heterocycles. The number of unbranched alkanes of at least 4 members (excludes halogenated alkanes) is 5. The molecule has 1 aliphatic rings. The first-order chi connectivity index (χ1) is 16.6. The molecule has 186 valence electrons. The van der Waals surface area contributed by atoms with Gasteiger partial charge < -0.3 is 14.6 Å². The highest BCUT2D eigenvalue weighted by molar-refractivity contribution is 5.72. The first-order valence-electron chi connectivity index (χ1n) is 13.3. The predicted molar refractivity (Wildman–Crippen MR) is 138 cm³/mol. The van der Waals surface area contributed by atoms with Crippen molar-refractivity contribution in [2.75, 3.05) is 13.2 Å². The monoisotopic (exact) mass is 466 g/mol. The Morgan fingerprint density at radius 2 is 1.41 bits per heavy atom. The number of carbonyl (C=O) groups is 1. The molecule has 0 aromatic heterocycles. The zero-order valence-electron chi connectivity index (χ0n) is 21.1. The van der Waals surface area contributed by atoms with Gasteiger partial charge in [0.1, 0.15) is 5.75 Å². The second-order valence-electron chi connectivity index (χ2n) is 9.69.